The standard InChI is InChI=1S/C13H16ClNO4S/c1-4-19-13(18)10-7(2)11(8(3)16)20-12(10)15-9(17)5-6-14/h4-6H2,1-3H3,(H,15,17). The van der Waals surface area contributed by atoms with Crippen molar-refractivity contribution in [2.45, 2.75) is 27.2 Å². The second-order valence-electron chi connectivity index (χ2n) is 4.02. The van der Waals surface area contributed by atoms with Gasteiger partial charge in [-0.1, -0.05) is 0 Å². The van der Waals surface area contributed by atoms with E-state index in [0.29, 0.717) is 15.4 Å². The maximum atomic E-state index is 12.0. The molecule has 0 unspecified atom stereocenters. The zero-order valence-corrected chi connectivity index (χ0v) is 13.1. The zero-order valence-electron chi connectivity index (χ0n) is 11.5. The lowest BCUT2D eigenvalue weighted by Gasteiger charge is -2.06. The highest BCUT2D eigenvalue weighted by Crippen LogP contribution is 2.34. The first-order valence-corrected chi connectivity index (χ1v) is 7.44. The van der Waals surface area contributed by atoms with Gasteiger partial charge in [-0.2, -0.15) is 0 Å². The molecule has 1 amide bonds. The van der Waals surface area contributed by atoms with E-state index in [4.69, 9.17) is 16.3 Å². The van der Waals surface area contributed by atoms with Crippen molar-refractivity contribution in [3.63, 3.8) is 0 Å². The Morgan fingerprint density at radius 3 is 2.50 bits per heavy atom. The molecule has 1 aromatic rings. The van der Waals surface area contributed by atoms with Crippen LogP contribution in [0.5, 0.6) is 0 Å². The number of amides is 1. The number of nitrogens with one attached hydrogen (secondary N) is 1. The fraction of sp³-hybridized carbons (Fsp3) is 0.462. The summed E-state index contributed by atoms with van der Waals surface area (Å²) in [5.74, 6) is -0.822. The van der Waals surface area contributed by atoms with Crippen LogP contribution in [0.15, 0.2) is 0 Å². The van der Waals surface area contributed by atoms with Crippen molar-refractivity contribution in [3.05, 3.63) is 16.0 Å². The summed E-state index contributed by atoms with van der Waals surface area (Å²) < 4.78 is 4.96. The predicted molar refractivity (Wildman–Crippen MR) is 79.0 cm³/mol. The van der Waals surface area contributed by atoms with E-state index in [1.54, 1.807) is 13.8 Å². The van der Waals surface area contributed by atoms with E-state index in [1.165, 1.54) is 6.92 Å². The number of ketones is 1. The summed E-state index contributed by atoms with van der Waals surface area (Å²) in [6.45, 7) is 4.99. The Morgan fingerprint density at radius 1 is 1.35 bits per heavy atom. The van der Waals surface area contributed by atoms with E-state index in [0.717, 1.165) is 11.3 Å². The first kappa shape index (κ1) is 16.7. The van der Waals surface area contributed by atoms with E-state index < -0.39 is 5.97 Å². The van der Waals surface area contributed by atoms with Crippen LogP contribution >= 0.6 is 22.9 Å². The van der Waals surface area contributed by atoms with Crippen LogP contribution in [0.1, 0.15) is 45.9 Å². The van der Waals surface area contributed by atoms with Crippen molar-refractivity contribution in [2.75, 3.05) is 17.8 Å². The van der Waals surface area contributed by atoms with Gasteiger partial charge in [-0.3, -0.25) is 9.59 Å². The van der Waals surface area contributed by atoms with Crippen molar-refractivity contribution in [3.8, 4) is 0 Å². The fourth-order valence-electron chi connectivity index (χ4n) is 1.66. The molecule has 0 aliphatic carbocycles. The average molecular weight is 318 g/mol. The number of rotatable bonds is 6. The van der Waals surface area contributed by atoms with Gasteiger partial charge in [0.05, 0.1) is 17.0 Å². The highest BCUT2D eigenvalue weighted by atomic mass is 35.5. The molecule has 1 rings (SSSR count). The Hall–Kier alpha value is -1.40. The lowest BCUT2D eigenvalue weighted by atomic mass is 10.1. The number of carbonyl (C=O) groups is 3. The molecule has 0 bridgehead atoms. The molecule has 1 N–H and O–H groups in total. The Bertz CT molecular complexity index is 539. The van der Waals surface area contributed by atoms with Crippen LogP contribution in [0.2, 0.25) is 0 Å². The van der Waals surface area contributed by atoms with Crippen molar-refractivity contribution in [1.82, 2.24) is 0 Å². The third-order valence-electron chi connectivity index (χ3n) is 2.52. The number of thiophene rings is 1. The second kappa shape index (κ2) is 7.40. The van der Waals surface area contributed by atoms with Gasteiger partial charge in [0.1, 0.15) is 5.00 Å². The number of carbonyl (C=O) groups excluding carboxylic acids is 3. The number of hydrogen-bond acceptors (Lipinski definition) is 5. The lowest BCUT2D eigenvalue weighted by Crippen LogP contribution is -2.14. The van der Waals surface area contributed by atoms with Gasteiger partial charge in [0, 0.05) is 12.3 Å². The van der Waals surface area contributed by atoms with Crippen LogP contribution in [0.3, 0.4) is 0 Å². The molecule has 0 aliphatic rings. The van der Waals surface area contributed by atoms with Gasteiger partial charge >= 0.3 is 5.97 Å². The van der Waals surface area contributed by atoms with Crippen molar-refractivity contribution < 1.29 is 19.1 Å². The minimum Gasteiger partial charge on any atom is -0.462 e. The maximum absolute atomic E-state index is 12.0. The summed E-state index contributed by atoms with van der Waals surface area (Å²) in [6.07, 6.45) is 0.135. The van der Waals surface area contributed by atoms with Crippen LogP contribution in [0.4, 0.5) is 5.00 Å². The molecular weight excluding hydrogens is 302 g/mol. The summed E-state index contributed by atoms with van der Waals surface area (Å²) >= 11 is 6.58. The molecule has 7 heteroatoms. The van der Waals surface area contributed by atoms with Gasteiger partial charge in [0.25, 0.3) is 0 Å². The zero-order chi connectivity index (χ0) is 15.3. The third kappa shape index (κ3) is 3.80. The van der Waals surface area contributed by atoms with E-state index in [1.807, 2.05) is 0 Å². The molecule has 20 heavy (non-hydrogen) atoms. The smallest absolute Gasteiger partial charge is 0.341 e. The molecule has 5 nitrogen and oxygen atoms in total. The summed E-state index contributed by atoms with van der Waals surface area (Å²) in [6, 6.07) is 0. The van der Waals surface area contributed by atoms with Crippen molar-refractivity contribution in [1.29, 1.82) is 0 Å². The van der Waals surface area contributed by atoms with Crippen LogP contribution in [0.25, 0.3) is 0 Å². The Morgan fingerprint density at radius 2 is 2.00 bits per heavy atom. The fourth-order valence-corrected chi connectivity index (χ4v) is 2.94. The number of esters is 1. The van der Waals surface area contributed by atoms with Crippen LogP contribution < -0.4 is 5.32 Å². The molecule has 0 saturated carbocycles. The third-order valence-corrected chi connectivity index (χ3v) is 4.02. The van der Waals surface area contributed by atoms with Gasteiger partial charge in [0.15, 0.2) is 5.78 Å². The first-order valence-electron chi connectivity index (χ1n) is 6.09. The highest BCUT2D eigenvalue weighted by Gasteiger charge is 2.24. The Labute approximate surface area is 126 Å². The molecular formula is C13H16ClNO4S. The van der Waals surface area contributed by atoms with Gasteiger partial charge in [-0.05, 0) is 26.3 Å². The molecule has 0 saturated heterocycles. The normalized spacial score (nSPS) is 10.2. The molecule has 1 heterocycles. The summed E-state index contributed by atoms with van der Waals surface area (Å²) in [4.78, 5) is 35.6. The topological polar surface area (TPSA) is 72.5 Å². The van der Waals surface area contributed by atoms with E-state index in [2.05, 4.69) is 5.32 Å². The van der Waals surface area contributed by atoms with Crippen molar-refractivity contribution in [2.24, 2.45) is 0 Å². The van der Waals surface area contributed by atoms with E-state index in [-0.39, 0.29) is 36.2 Å². The maximum Gasteiger partial charge on any atom is 0.341 e. The van der Waals surface area contributed by atoms with Crippen LogP contribution in [-0.2, 0) is 9.53 Å². The lowest BCUT2D eigenvalue weighted by molar-refractivity contribution is -0.115. The second-order valence-corrected chi connectivity index (χ2v) is 5.42. The quantitative estimate of drug-likeness (QED) is 0.497. The predicted octanol–water partition coefficient (Wildman–Crippen LogP) is 3.00. The summed E-state index contributed by atoms with van der Waals surface area (Å²) in [7, 11) is 0. The van der Waals surface area contributed by atoms with Crippen LogP contribution in [0, 0.1) is 6.92 Å². The summed E-state index contributed by atoms with van der Waals surface area (Å²) in [5, 5.41) is 2.94. The molecule has 0 atom stereocenters. The minimum absolute atomic E-state index is 0.135. The van der Waals surface area contributed by atoms with Gasteiger partial charge in [-0.25, -0.2) is 4.79 Å². The highest BCUT2D eigenvalue weighted by molar-refractivity contribution is 7.18. The minimum atomic E-state index is -0.546. The van der Waals surface area contributed by atoms with Crippen molar-refractivity contribution >= 4 is 45.6 Å². The molecule has 0 radical (unpaired) electrons. The molecule has 0 fully saturated rings. The average Bonchev–Trinajstić information content (AvgIpc) is 2.66. The van der Waals surface area contributed by atoms with Crippen LogP contribution in [-0.4, -0.2) is 30.1 Å². The largest absolute Gasteiger partial charge is 0.462 e. The Kier molecular flexibility index (Phi) is 6.16. The number of hydrogen-bond donors (Lipinski definition) is 1. The van der Waals surface area contributed by atoms with E-state index in [9.17, 15) is 14.4 Å². The number of anilines is 1. The summed E-state index contributed by atoms with van der Waals surface area (Å²) in [5.41, 5.74) is 0.770. The molecule has 0 aromatic carbocycles. The van der Waals surface area contributed by atoms with E-state index >= 15 is 0 Å². The first-order chi connectivity index (χ1) is 9.42. The number of ether oxygens (including phenoxy) is 1. The number of alkyl halides is 1. The monoisotopic (exact) mass is 317 g/mol. The van der Waals surface area contributed by atoms with Gasteiger partial charge in [0.2, 0.25) is 5.91 Å². The Balaban J connectivity index is 3.19. The van der Waals surface area contributed by atoms with Gasteiger partial charge < -0.3 is 10.1 Å². The SMILES string of the molecule is CCOC(=O)c1c(NC(=O)CCCl)sc(C(C)=O)c1C. The molecule has 110 valence electrons. The molecule has 1 aromatic heterocycles. The number of Topliss-reactive ketones (excluding diaryl/α,β-unsaturated/α-hetero) is 1. The number of halogens is 1. The molecule has 0 aliphatic heterocycles. The van der Waals surface area contributed by atoms with Gasteiger partial charge in [-0.15, -0.1) is 22.9 Å². The molecule has 0 spiro atoms.